The number of amides is 1. The largest absolute Gasteiger partial charge is 0.459 e. The van der Waals surface area contributed by atoms with E-state index in [1.165, 1.54) is 5.56 Å². The van der Waals surface area contributed by atoms with Crippen molar-refractivity contribution in [2.45, 2.75) is 25.0 Å². The van der Waals surface area contributed by atoms with Crippen LogP contribution in [0.25, 0.3) is 0 Å². The summed E-state index contributed by atoms with van der Waals surface area (Å²) in [6, 6.07) is 3.47. The van der Waals surface area contributed by atoms with Gasteiger partial charge in [0.2, 0.25) is 0 Å². The maximum absolute atomic E-state index is 12.6. The molecule has 2 saturated heterocycles. The van der Waals surface area contributed by atoms with E-state index in [4.69, 9.17) is 9.15 Å². The lowest BCUT2D eigenvalue weighted by atomic mass is 9.90. The lowest BCUT2D eigenvalue weighted by molar-refractivity contribution is -0.136. The number of furan rings is 1. The van der Waals surface area contributed by atoms with Crippen LogP contribution in [0.2, 0.25) is 0 Å². The van der Waals surface area contributed by atoms with E-state index >= 15 is 0 Å². The van der Waals surface area contributed by atoms with Gasteiger partial charge < -0.3 is 14.1 Å². The van der Waals surface area contributed by atoms with Gasteiger partial charge in [0, 0.05) is 45.0 Å². The van der Waals surface area contributed by atoms with E-state index in [1.807, 2.05) is 22.8 Å². The molecule has 4 heterocycles. The molecular formula is C18H24N4O3. The number of likely N-dealkylation sites (tertiary alicyclic amines) is 1. The van der Waals surface area contributed by atoms with Crippen LogP contribution in [-0.4, -0.2) is 63.9 Å². The van der Waals surface area contributed by atoms with Crippen molar-refractivity contribution >= 4 is 5.91 Å². The number of hydrogen-bond acceptors (Lipinski definition) is 5. The third-order valence-electron chi connectivity index (χ3n) is 5.05. The Bertz CT molecular complexity index is 723. The minimum Gasteiger partial charge on any atom is -0.459 e. The third-order valence-corrected chi connectivity index (χ3v) is 5.05. The molecule has 0 aromatic carbocycles. The molecule has 0 radical (unpaired) electrons. The second-order valence-electron chi connectivity index (χ2n) is 7.07. The first-order valence-electron chi connectivity index (χ1n) is 8.80. The molecule has 2 fully saturated rings. The molecule has 7 heteroatoms. The Morgan fingerprint density at radius 3 is 3.04 bits per heavy atom. The Hall–Kier alpha value is -2.12. The van der Waals surface area contributed by atoms with E-state index in [0.717, 1.165) is 39.0 Å². The second kappa shape index (κ2) is 6.65. The normalized spacial score (nSPS) is 24.8. The van der Waals surface area contributed by atoms with Crippen molar-refractivity contribution in [1.82, 2.24) is 19.6 Å². The molecule has 4 rings (SSSR count). The molecule has 2 aromatic rings. The molecule has 0 bridgehead atoms. The molecule has 25 heavy (non-hydrogen) atoms. The van der Waals surface area contributed by atoms with Crippen LogP contribution in [0.1, 0.15) is 29.0 Å². The number of ether oxygens (including phenoxy) is 1. The highest BCUT2D eigenvalue weighted by Crippen LogP contribution is 2.30. The van der Waals surface area contributed by atoms with Gasteiger partial charge in [-0.15, -0.1) is 0 Å². The Kier molecular flexibility index (Phi) is 4.35. The van der Waals surface area contributed by atoms with E-state index in [1.54, 1.807) is 18.4 Å². The SMILES string of the molecule is Cn1cc(CN2CCOC3(CCCN(C(=O)c4ccco4)C3)C2)cn1. The van der Waals surface area contributed by atoms with E-state index in [0.29, 0.717) is 18.9 Å². The van der Waals surface area contributed by atoms with Crippen molar-refractivity contribution in [3.63, 3.8) is 0 Å². The summed E-state index contributed by atoms with van der Waals surface area (Å²) in [7, 11) is 1.93. The highest BCUT2D eigenvalue weighted by molar-refractivity contribution is 5.91. The average Bonchev–Trinajstić information content (AvgIpc) is 3.26. The highest BCUT2D eigenvalue weighted by Gasteiger charge is 2.42. The number of morpholine rings is 1. The zero-order valence-corrected chi connectivity index (χ0v) is 14.6. The lowest BCUT2D eigenvalue weighted by Crippen LogP contribution is -2.60. The molecule has 7 nitrogen and oxygen atoms in total. The minimum atomic E-state index is -0.277. The highest BCUT2D eigenvalue weighted by atomic mass is 16.5. The molecule has 1 amide bonds. The quantitative estimate of drug-likeness (QED) is 0.845. The van der Waals surface area contributed by atoms with Gasteiger partial charge in [0.25, 0.3) is 5.91 Å². The molecular weight excluding hydrogens is 320 g/mol. The molecule has 1 spiro atoms. The van der Waals surface area contributed by atoms with Crippen molar-refractivity contribution < 1.29 is 13.9 Å². The number of aryl methyl sites for hydroxylation is 1. The summed E-state index contributed by atoms with van der Waals surface area (Å²) in [6.07, 6.45) is 7.44. The zero-order valence-electron chi connectivity index (χ0n) is 14.6. The van der Waals surface area contributed by atoms with E-state index in [2.05, 4.69) is 16.2 Å². The summed E-state index contributed by atoms with van der Waals surface area (Å²) >= 11 is 0. The smallest absolute Gasteiger partial charge is 0.289 e. The number of carbonyl (C=O) groups excluding carboxylic acids is 1. The van der Waals surface area contributed by atoms with Gasteiger partial charge in [-0.25, -0.2) is 0 Å². The molecule has 2 aliphatic heterocycles. The average molecular weight is 344 g/mol. The molecule has 134 valence electrons. The Morgan fingerprint density at radius 1 is 1.36 bits per heavy atom. The number of piperidine rings is 1. The molecule has 2 aromatic heterocycles. The minimum absolute atomic E-state index is 0.0444. The van der Waals surface area contributed by atoms with E-state index in [-0.39, 0.29) is 11.5 Å². The summed E-state index contributed by atoms with van der Waals surface area (Å²) in [5.74, 6) is 0.358. The van der Waals surface area contributed by atoms with Crippen LogP contribution in [0.4, 0.5) is 0 Å². The topological polar surface area (TPSA) is 63.7 Å². The summed E-state index contributed by atoms with van der Waals surface area (Å²) in [5.41, 5.74) is 0.930. The number of carbonyl (C=O) groups is 1. The fraction of sp³-hybridized carbons (Fsp3) is 0.556. The first kappa shape index (κ1) is 16.4. The van der Waals surface area contributed by atoms with Gasteiger partial charge in [0.1, 0.15) is 0 Å². The van der Waals surface area contributed by atoms with Gasteiger partial charge in [-0.1, -0.05) is 0 Å². The maximum Gasteiger partial charge on any atom is 0.289 e. The summed E-state index contributed by atoms with van der Waals surface area (Å²) in [5, 5.41) is 4.25. The molecule has 1 unspecified atom stereocenters. The first-order chi connectivity index (χ1) is 12.1. The van der Waals surface area contributed by atoms with Crippen LogP contribution < -0.4 is 0 Å². The van der Waals surface area contributed by atoms with Crippen LogP contribution in [0.5, 0.6) is 0 Å². The van der Waals surface area contributed by atoms with Gasteiger partial charge in [-0.2, -0.15) is 5.10 Å². The van der Waals surface area contributed by atoms with Crippen molar-refractivity contribution in [1.29, 1.82) is 0 Å². The second-order valence-corrected chi connectivity index (χ2v) is 7.07. The van der Waals surface area contributed by atoms with Gasteiger partial charge in [-0.3, -0.25) is 14.4 Å². The number of nitrogens with zero attached hydrogens (tertiary/aromatic N) is 4. The molecule has 2 aliphatic rings. The summed E-state index contributed by atoms with van der Waals surface area (Å²) < 4.78 is 13.3. The van der Waals surface area contributed by atoms with Gasteiger partial charge in [0.05, 0.1) is 31.2 Å². The molecule has 0 aliphatic carbocycles. The Morgan fingerprint density at radius 2 is 2.28 bits per heavy atom. The van der Waals surface area contributed by atoms with Crippen LogP contribution in [0.15, 0.2) is 35.2 Å². The van der Waals surface area contributed by atoms with Crippen LogP contribution >= 0.6 is 0 Å². The molecule has 0 saturated carbocycles. The zero-order chi connectivity index (χ0) is 17.3. The van der Waals surface area contributed by atoms with Gasteiger partial charge in [0.15, 0.2) is 5.76 Å². The van der Waals surface area contributed by atoms with Crippen LogP contribution in [0.3, 0.4) is 0 Å². The fourth-order valence-corrected chi connectivity index (χ4v) is 3.94. The van der Waals surface area contributed by atoms with E-state index < -0.39 is 0 Å². The molecule has 1 atom stereocenters. The standard InChI is InChI=1S/C18H24N4O3/c1-20-11-15(10-19-20)12-21-7-9-25-18(13-21)5-3-6-22(14-18)17(23)16-4-2-8-24-16/h2,4,8,10-11H,3,5-7,9,12-14H2,1H3. The summed E-state index contributed by atoms with van der Waals surface area (Å²) in [4.78, 5) is 16.9. The van der Waals surface area contributed by atoms with Crippen LogP contribution in [-0.2, 0) is 18.3 Å². The summed E-state index contributed by atoms with van der Waals surface area (Å²) in [6.45, 7) is 4.68. The molecule has 0 N–H and O–H groups in total. The predicted octanol–water partition coefficient (Wildman–Crippen LogP) is 1.52. The fourth-order valence-electron chi connectivity index (χ4n) is 3.94. The third kappa shape index (κ3) is 3.48. The number of hydrogen-bond donors (Lipinski definition) is 0. The Balaban J connectivity index is 1.44. The van der Waals surface area contributed by atoms with Crippen molar-refractivity contribution in [2.24, 2.45) is 7.05 Å². The number of rotatable bonds is 3. The van der Waals surface area contributed by atoms with Gasteiger partial charge in [-0.05, 0) is 25.0 Å². The van der Waals surface area contributed by atoms with Crippen molar-refractivity contribution in [2.75, 3.05) is 32.8 Å². The monoisotopic (exact) mass is 344 g/mol. The lowest BCUT2D eigenvalue weighted by Gasteiger charge is -2.47. The van der Waals surface area contributed by atoms with Gasteiger partial charge >= 0.3 is 0 Å². The Labute approximate surface area is 147 Å². The van der Waals surface area contributed by atoms with Crippen molar-refractivity contribution in [3.8, 4) is 0 Å². The first-order valence-corrected chi connectivity index (χ1v) is 8.80. The number of aromatic nitrogens is 2. The maximum atomic E-state index is 12.6. The predicted molar refractivity (Wildman–Crippen MR) is 91.0 cm³/mol. The van der Waals surface area contributed by atoms with E-state index in [9.17, 15) is 4.79 Å². The van der Waals surface area contributed by atoms with Crippen LogP contribution in [0, 0.1) is 0 Å². The van der Waals surface area contributed by atoms with Crippen molar-refractivity contribution in [3.05, 3.63) is 42.1 Å².